The van der Waals surface area contributed by atoms with E-state index in [9.17, 15) is 19.2 Å². The molecule has 0 bridgehead atoms. The van der Waals surface area contributed by atoms with Crippen molar-refractivity contribution in [1.29, 1.82) is 0 Å². The van der Waals surface area contributed by atoms with E-state index in [1.165, 1.54) is 14.0 Å². The number of alkyl carbamates (subject to hydrolysis) is 1. The fourth-order valence-corrected chi connectivity index (χ4v) is 2.18. The Labute approximate surface area is 158 Å². The number of nitrogens with one attached hydrogen (secondary N) is 2. The van der Waals surface area contributed by atoms with Crippen LogP contribution in [0.5, 0.6) is 0 Å². The predicted octanol–water partition coefficient (Wildman–Crippen LogP) is 1.61. The summed E-state index contributed by atoms with van der Waals surface area (Å²) in [4.78, 5) is 46.9. The van der Waals surface area contributed by atoms with Gasteiger partial charge in [0.15, 0.2) is 0 Å². The van der Waals surface area contributed by atoms with E-state index in [1.54, 1.807) is 45.0 Å². The molecule has 148 valence electrons. The monoisotopic (exact) mass is 378 g/mol. The van der Waals surface area contributed by atoms with Gasteiger partial charge in [-0.1, -0.05) is 24.3 Å². The summed E-state index contributed by atoms with van der Waals surface area (Å²) >= 11 is 0. The Hall–Kier alpha value is -2.90. The first-order chi connectivity index (χ1) is 12.6. The highest BCUT2D eigenvalue weighted by molar-refractivity contribution is 5.89. The topological polar surface area (TPSA) is 111 Å². The maximum Gasteiger partial charge on any atom is 0.408 e. The minimum absolute atomic E-state index is 0.151. The number of benzene rings is 1. The summed E-state index contributed by atoms with van der Waals surface area (Å²) in [5.74, 6) is -1.16. The van der Waals surface area contributed by atoms with Gasteiger partial charge in [0.05, 0.1) is 7.11 Å². The summed E-state index contributed by atoms with van der Waals surface area (Å²) in [5.41, 5.74) is 0.498. The number of hydrogen-bond acceptors (Lipinski definition) is 6. The van der Waals surface area contributed by atoms with Crippen molar-refractivity contribution in [2.45, 2.75) is 51.8 Å². The molecule has 0 fully saturated rings. The fraction of sp³-hybridized carbons (Fsp3) is 0.474. The lowest BCUT2D eigenvalue weighted by atomic mass is 10.0. The average Bonchev–Trinajstić information content (AvgIpc) is 2.59. The Morgan fingerprint density at radius 3 is 2.19 bits per heavy atom. The Morgan fingerprint density at radius 1 is 1.11 bits per heavy atom. The molecule has 2 unspecified atom stereocenters. The molecule has 1 aromatic carbocycles. The van der Waals surface area contributed by atoms with Gasteiger partial charge in [0.1, 0.15) is 24.0 Å². The summed E-state index contributed by atoms with van der Waals surface area (Å²) < 4.78 is 9.78. The van der Waals surface area contributed by atoms with E-state index in [0.717, 1.165) is 5.56 Å². The third-order valence-electron chi connectivity index (χ3n) is 3.48. The van der Waals surface area contributed by atoms with Gasteiger partial charge < -0.3 is 20.1 Å². The predicted molar refractivity (Wildman–Crippen MR) is 98.3 cm³/mol. The van der Waals surface area contributed by atoms with Crippen LogP contribution in [0.3, 0.4) is 0 Å². The highest BCUT2D eigenvalue weighted by Gasteiger charge is 2.27. The number of amides is 2. The van der Waals surface area contributed by atoms with Crippen LogP contribution in [0.4, 0.5) is 4.79 Å². The fourth-order valence-electron chi connectivity index (χ4n) is 2.18. The Morgan fingerprint density at radius 2 is 1.70 bits per heavy atom. The second-order valence-corrected chi connectivity index (χ2v) is 7.02. The van der Waals surface area contributed by atoms with E-state index >= 15 is 0 Å². The molecule has 8 heteroatoms. The van der Waals surface area contributed by atoms with Gasteiger partial charge in [-0.05, 0) is 33.3 Å². The number of rotatable bonds is 7. The Bertz CT molecular complexity index is 678. The normalized spacial score (nSPS) is 13.1. The number of methoxy groups -OCH3 is 1. The molecular formula is C19H26N2O6. The van der Waals surface area contributed by atoms with Crippen molar-refractivity contribution in [2.75, 3.05) is 7.11 Å². The lowest BCUT2D eigenvalue weighted by Gasteiger charge is -2.24. The number of aldehydes is 1. The first-order valence-corrected chi connectivity index (χ1v) is 8.47. The van der Waals surface area contributed by atoms with E-state index in [2.05, 4.69) is 15.4 Å². The number of carbonyl (C=O) groups is 4. The molecule has 8 nitrogen and oxygen atoms in total. The molecular weight excluding hydrogens is 352 g/mol. The molecule has 0 spiro atoms. The summed E-state index contributed by atoms with van der Waals surface area (Å²) in [6, 6.07) is 4.75. The lowest BCUT2D eigenvalue weighted by molar-refractivity contribution is -0.144. The van der Waals surface area contributed by atoms with Gasteiger partial charge in [0.25, 0.3) is 0 Å². The quantitative estimate of drug-likeness (QED) is 0.551. The molecule has 2 atom stereocenters. The second-order valence-electron chi connectivity index (χ2n) is 7.02. The molecule has 0 aromatic heterocycles. The molecule has 0 saturated carbocycles. The molecule has 1 aromatic rings. The van der Waals surface area contributed by atoms with Crippen LogP contribution in [0.2, 0.25) is 0 Å². The van der Waals surface area contributed by atoms with Crippen LogP contribution in [0.25, 0.3) is 0 Å². The molecule has 27 heavy (non-hydrogen) atoms. The minimum atomic E-state index is -0.978. The summed E-state index contributed by atoms with van der Waals surface area (Å²) in [6.07, 6.45) is 0.112. The molecule has 2 amide bonds. The highest BCUT2D eigenvalue weighted by atomic mass is 16.6. The molecule has 0 aliphatic rings. The van der Waals surface area contributed by atoms with Crippen LogP contribution in [0, 0.1) is 0 Å². The van der Waals surface area contributed by atoms with E-state index in [1.807, 2.05) is 0 Å². The zero-order valence-corrected chi connectivity index (χ0v) is 16.2. The van der Waals surface area contributed by atoms with Gasteiger partial charge in [-0.25, -0.2) is 9.59 Å². The van der Waals surface area contributed by atoms with E-state index in [-0.39, 0.29) is 6.42 Å². The largest absolute Gasteiger partial charge is 0.467 e. The number of carbonyl (C=O) groups excluding carboxylic acids is 4. The first kappa shape index (κ1) is 22.1. The van der Waals surface area contributed by atoms with Crippen molar-refractivity contribution in [1.82, 2.24) is 10.6 Å². The third kappa shape index (κ3) is 7.89. The summed E-state index contributed by atoms with van der Waals surface area (Å²) in [6.45, 7) is 6.60. The van der Waals surface area contributed by atoms with E-state index < -0.39 is 35.7 Å². The maximum absolute atomic E-state index is 12.6. The SMILES string of the molecule is COC(=O)C(C)NC(=O)C(Cc1ccc(C=O)cc1)NC(=O)OC(C)(C)C. The molecule has 0 aliphatic heterocycles. The van der Waals surface area contributed by atoms with Crippen LogP contribution in [-0.2, 0) is 25.5 Å². The maximum atomic E-state index is 12.6. The Balaban J connectivity index is 2.92. The standard InChI is InChI=1S/C19H26N2O6/c1-12(17(24)26-5)20-16(23)15(21-18(25)27-19(2,3)4)10-13-6-8-14(11-22)9-7-13/h6-9,11-12,15H,10H2,1-5H3,(H,20,23)(H,21,25). The van der Waals surface area contributed by atoms with Crippen LogP contribution in [-0.4, -0.2) is 49.1 Å². The van der Waals surface area contributed by atoms with Crippen LogP contribution in [0.1, 0.15) is 43.6 Å². The van der Waals surface area contributed by atoms with Gasteiger partial charge in [-0.3, -0.25) is 9.59 Å². The van der Waals surface area contributed by atoms with Gasteiger partial charge >= 0.3 is 12.1 Å². The van der Waals surface area contributed by atoms with Crippen molar-refractivity contribution < 1.29 is 28.7 Å². The molecule has 1 rings (SSSR count). The van der Waals surface area contributed by atoms with E-state index in [0.29, 0.717) is 11.8 Å². The van der Waals surface area contributed by atoms with Crippen LogP contribution < -0.4 is 10.6 Å². The van der Waals surface area contributed by atoms with Gasteiger partial charge in [0.2, 0.25) is 5.91 Å². The van der Waals surface area contributed by atoms with Gasteiger partial charge in [-0.15, -0.1) is 0 Å². The second kappa shape index (κ2) is 9.70. The summed E-state index contributed by atoms with van der Waals surface area (Å²) in [7, 11) is 1.22. The molecule has 0 radical (unpaired) electrons. The third-order valence-corrected chi connectivity index (χ3v) is 3.48. The van der Waals surface area contributed by atoms with Gasteiger partial charge in [-0.2, -0.15) is 0 Å². The van der Waals surface area contributed by atoms with Gasteiger partial charge in [0, 0.05) is 12.0 Å². The van der Waals surface area contributed by atoms with Crippen molar-refractivity contribution >= 4 is 24.3 Å². The number of esters is 1. The van der Waals surface area contributed by atoms with Crippen molar-refractivity contribution in [3.05, 3.63) is 35.4 Å². The van der Waals surface area contributed by atoms with Crippen LogP contribution >= 0.6 is 0 Å². The van der Waals surface area contributed by atoms with Crippen LogP contribution in [0.15, 0.2) is 24.3 Å². The number of ether oxygens (including phenoxy) is 2. The first-order valence-electron chi connectivity index (χ1n) is 8.47. The zero-order valence-electron chi connectivity index (χ0n) is 16.2. The number of hydrogen-bond donors (Lipinski definition) is 2. The smallest absolute Gasteiger partial charge is 0.408 e. The van der Waals surface area contributed by atoms with Crippen molar-refractivity contribution in [2.24, 2.45) is 0 Å². The molecule has 2 N–H and O–H groups in total. The molecule has 0 saturated heterocycles. The summed E-state index contributed by atoms with van der Waals surface area (Å²) in [5, 5.41) is 5.02. The Kier molecular flexibility index (Phi) is 7.96. The zero-order chi connectivity index (χ0) is 20.6. The molecule has 0 heterocycles. The highest BCUT2D eigenvalue weighted by Crippen LogP contribution is 2.10. The average molecular weight is 378 g/mol. The minimum Gasteiger partial charge on any atom is -0.467 e. The van der Waals surface area contributed by atoms with E-state index in [4.69, 9.17) is 4.74 Å². The molecule has 0 aliphatic carbocycles. The lowest BCUT2D eigenvalue weighted by Crippen LogP contribution is -2.52. The van der Waals surface area contributed by atoms with Crippen molar-refractivity contribution in [3.8, 4) is 0 Å². The van der Waals surface area contributed by atoms with Crippen molar-refractivity contribution in [3.63, 3.8) is 0 Å².